The van der Waals surface area contributed by atoms with Gasteiger partial charge in [0, 0.05) is 24.2 Å². The lowest BCUT2D eigenvalue weighted by Gasteiger charge is -2.10. The lowest BCUT2D eigenvalue weighted by Crippen LogP contribution is -2.17. The van der Waals surface area contributed by atoms with E-state index >= 15 is 0 Å². The van der Waals surface area contributed by atoms with Crippen molar-refractivity contribution in [3.63, 3.8) is 0 Å². The third-order valence-electron chi connectivity index (χ3n) is 2.85. The Morgan fingerprint density at radius 1 is 1.10 bits per heavy atom. The molecule has 2 rings (SSSR count). The minimum absolute atomic E-state index is 0.142. The van der Waals surface area contributed by atoms with E-state index in [1.807, 2.05) is 24.3 Å². The number of amides is 1. The van der Waals surface area contributed by atoms with E-state index in [2.05, 4.69) is 10.6 Å². The highest BCUT2D eigenvalue weighted by molar-refractivity contribution is 6.33. The van der Waals surface area contributed by atoms with E-state index < -0.39 is 0 Å². The van der Waals surface area contributed by atoms with Gasteiger partial charge in [0.25, 0.3) is 5.91 Å². The number of rotatable bonds is 4. The maximum Gasteiger partial charge on any atom is 0.251 e. The van der Waals surface area contributed by atoms with E-state index in [0.29, 0.717) is 22.2 Å². The van der Waals surface area contributed by atoms with Gasteiger partial charge >= 0.3 is 0 Å². The molecule has 104 valence electrons. The Labute approximate surface area is 127 Å². The summed E-state index contributed by atoms with van der Waals surface area (Å²) in [7, 11) is 1.59. The lowest BCUT2D eigenvalue weighted by molar-refractivity contribution is 0.0963. The summed E-state index contributed by atoms with van der Waals surface area (Å²) in [6, 6.07) is 12.7. The van der Waals surface area contributed by atoms with Crippen molar-refractivity contribution in [2.24, 2.45) is 0 Å². The second-order valence-corrected chi connectivity index (χ2v) is 5.10. The van der Waals surface area contributed by atoms with Crippen molar-refractivity contribution in [2.45, 2.75) is 6.54 Å². The fraction of sp³-hybridized carbons (Fsp3) is 0.133. The second-order valence-electron chi connectivity index (χ2n) is 4.25. The highest BCUT2D eigenvalue weighted by Gasteiger charge is 2.07. The quantitative estimate of drug-likeness (QED) is 0.897. The van der Waals surface area contributed by atoms with Crippen LogP contribution in [0.5, 0.6) is 0 Å². The SMILES string of the molecule is CNC(=O)c1ccc(Cl)c(NCc2ccc(Cl)cc2)c1. The number of anilines is 1. The number of hydrogen-bond acceptors (Lipinski definition) is 2. The number of halogens is 2. The molecule has 0 aliphatic carbocycles. The van der Waals surface area contributed by atoms with Crippen LogP contribution in [-0.2, 0) is 6.54 Å². The monoisotopic (exact) mass is 308 g/mol. The topological polar surface area (TPSA) is 41.1 Å². The molecule has 2 aromatic rings. The van der Waals surface area contributed by atoms with Gasteiger partial charge in [0.1, 0.15) is 0 Å². The molecule has 2 N–H and O–H groups in total. The Kier molecular flexibility index (Phi) is 4.88. The molecule has 0 fully saturated rings. The molecule has 1 amide bonds. The summed E-state index contributed by atoms with van der Waals surface area (Å²) in [5, 5.41) is 7.07. The van der Waals surface area contributed by atoms with Crippen LogP contribution < -0.4 is 10.6 Å². The van der Waals surface area contributed by atoms with Crippen molar-refractivity contribution < 1.29 is 4.79 Å². The van der Waals surface area contributed by atoms with E-state index in [4.69, 9.17) is 23.2 Å². The third-order valence-corrected chi connectivity index (χ3v) is 3.43. The molecule has 0 saturated heterocycles. The molecule has 0 atom stereocenters. The Balaban J connectivity index is 2.12. The number of nitrogens with one attached hydrogen (secondary N) is 2. The van der Waals surface area contributed by atoms with Gasteiger partial charge in [0.15, 0.2) is 0 Å². The second kappa shape index (κ2) is 6.64. The van der Waals surface area contributed by atoms with Gasteiger partial charge in [-0.15, -0.1) is 0 Å². The smallest absolute Gasteiger partial charge is 0.251 e. The molecule has 0 saturated carbocycles. The Morgan fingerprint density at radius 3 is 2.45 bits per heavy atom. The Hall–Kier alpha value is -1.71. The maximum absolute atomic E-state index is 11.6. The molecule has 0 heterocycles. The molecule has 20 heavy (non-hydrogen) atoms. The molecular formula is C15H14Cl2N2O. The fourth-order valence-corrected chi connectivity index (χ4v) is 2.06. The van der Waals surface area contributed by atoms with Gasteiger partial charge in [0.05, 0.1) is 10.7 Å². The zero-order chi connectivity index (χ0) is 14.5. The summed E-state index contributed by atoms with van der Waals surface area (Å²) in [6.45, 7) is 0.605. The highest BCUT2D eigenvalue weighted by atomic mass is 35.5. The standard InChI is InChI=1S/C15H14Cl2N2O/c1-18-15(20)11-4-7-13(17)14(8-11)19-9-10-2-5-12(16)6-3-10/h2-8,19H,9H2,1H3,(H,18,20). The van der Waals surface area contributed by atoms with Crippen LogP contribution in [0.3, 0.4) is 0 Å². The van der Waals surface area contributed by atoms with Crippen molar-refractivity contribution in [3.05, 3.63) is 63.6 Å². The van der Waals surface area contributed by atoms with Crippen LogP contribution in [0.4, 0.5) is 5.69 Å². The van der Waals surface area contributed by atoms with Gasteiger partial charge in [-0.05, 0) is 35.9 Å². The van der Waals surface area contributed by atoms with Crippen LogP contribution in [0.1, 0.15) is 15.9 Å². The predicted molar refractivity (Wildman–Crippen MR) is 83.6 cm³/mol. The summed E-state index contributed by atoms with van der Waals surface area (Å²) in [6.07, 6.45) is 0. The first-order valence-corrected chi connectivity index (χ1v) is 6.85. The van der Waals surface area contributed by atoms with E-state index in [0.717, 1.165) is 11.3 Å². The van der Waals surface area contributed by atoms with Crippen LogP contribution in [0.25, 0.3) is 0 Å². The average molecular weight is 309 g/mol. The van der Waals surface area contributed by atoms with Crippen molar-refractivity contribution in [1.82, 2.24) is 5.32 Å². The molecule has 2 aromatic carbocycles. The minimum atomic E-state index is -0.142. The maximum atomic E-state index is 11.6. The predicted octanol–water partition coefficient (Wildman–Crippen LogP) is 3.97. The number of benzene rings is 2. The molecule has 0 radical (unpaired) electrons. The molecule has 0 aliphatic rings. The molecule has 0 spiro atoms. The summed E-state index contributed by atoms with van der Waals surface area (Å²) in [5.74, 6) is -0.142. The number of carbonyl (C=O) groups is 1. The van der Waals surface area contributed by atoms with Gasteiger partial charge in [-0.3, -0.25) is 4.79 Å². The van der Waals surface area contributed by atoms with Crippen molar-refractivity contribution in [3.8, 4) is 0 Å². The van der Waals surface area contributed by atoms with E-state index in [1.54, 1.807) is 25.2 Å². The van der Waals surface area contributed by atoms with Crippen LogP contribution in [-0.4, -0.2) is 13.0 Å². The van der Waals surface area contributed by atoms with Gasteiger partial charge < -0.3 is 10.6 Å². The zero-order valence-corrected chi connectivity index (χ0v) is 12.4. The summed E-state index contributed by atoms with van der Waals surface area (Å²) < 4.78 is 0. The van der Waals surface area contributed by atoms with E-state index in [9.17, 15) is 4.79 Å². The molecule has 5 heteroatoms. The molecular weight excluding hydrogens is 295 g/mol. The van der Waals surface area contributed by atoms with E-state index in [-0.39, 0.29) is 5.91 Å². The normalized spacial score (nSPS) is 10.2. The summed E-state index contributed by atoms with van der Waals surface area (Å²) in [4.78, 5) is 11.6. The van der Waals surface area contributed by atoms with Crippen LogP contribution in [0.15, 0.2) is 42.5 Å². The third kappa shape index (κ3) is 3.65. The first kappa shape index (κ1) is 14.7. The van der Waals surface area contributed by atoms with Crippen LogP contribution >= 0.6 is 23.2 Å². The molecule has 0 bridgehead atoms. The van der Waals surface area contributed by atoms with E-state index in [1.165, 1.54) is 0 Å². The minimum Gasteiger partial charge on any atom is -0.380 e. The van der Waals surface area contributed by atoms with Crippen molar-refractivity contribution in [2.75, 3.05) is 12.4 Å². The largest absolute Gasteiger partial charge is 0.380 e. The van der Waals surface area contributed by atoms with Gasteiger partial charge in [-0.25, -0.2) is 0 Å². The Bertz CT molecular complexity index is 612. The van der Waals surface area contributed by atoms with Gasteiger partial charge in [0.2, 0.25) is 0 Å². The fourth-order valence-electron chi connectivity index (χ4n) is 1.75. The van der Waals surface area contributed by atoms with Crippen LogP contribution in [0, 0.1) is 0 Å². The summed E-state index contributed by atoms with van der Waals surface area (Å²) in [5.41, 5.74) is 2.37. The highest BCUT2D eigenvalue weighted by Crippen LogP contribution is 2.24. The van der Waals surface area contributed by atoms with Crippen LogP contribution in [0.2, 0.25) is 10.0 Å². The van der Waals surface area contributed by atoms with Gasteiger partial charge in [-0.1, -0.05) is 35.3 Å². The van der Waals surface area contributed by atoms with Crippen molar-refractivity contribution >= 4 is 34.8 Å². The lowest BCUT2D eigenvalue weighted by atomic mass is 10.1. The molecule has 0 aliphatic heterocycles. The van der Waals surface area contributed by atoms with Crippen molar-refractivity contribution in [1.29, 1.82) is 0 Å². The molecule has 0 unspecified atom stereocenters. The summed E-state index contributed by atoms with van der Waals surface area (Å²) >= 11 is 12.0. The zero-order valence-electron chi connectivity index (χ0n) is 10.9. The first-order valence-electron chi connectivity index (χ1n) is 6.10. The number of hydrogen-bond donors (Lipinski definition) is 2. The molecule has 0 aromatic heterocycles. The Morgan fingerprint density at radius 2 is 1.80 bits per heavy atom. The first-order chi connectivity index (χ1) is 9.60. The van der Waals surface area contributed by atoms with Gasteiger partial charge in [-0.2, -0.15) is 0 Å². The molecule has 3 nitrogen and oxygen atoms in total. The number of carbonyl (C=O) groups excluding carboxylic acids is 1. The average Bonchev–Trinajstić information content (AvgIpc) is 2.47.